The molecule has 0 radical (unpaired) electrons. The molecule has 2 bridgehead atoms. The first-order chi connectivity index (χ1) is 11.0. The smallest absolute Gasteiger partial charge is 0.316 e. The summed E-state index contributed by atoms with van der Waals surface area (Å²) in [6.45, 7) is -0.224. The highest BCUT2D eigenvalue weighted by Gasteiger charge is 2.70. The largest absolute Gasteiger partial charge is 0.461 e. The molecule has 0 spiro atoms. The molecule has 5 unspecified atom stereocenters. The molecule has 3 saturated heterocycles. The van der Waals surface area contributed by atoms with Gasteiger partial charge in [-0.1, -0.05) is 30.3 Å². The zero-order valence-corrected chi connectivity index (χ0v) is 15.7. The zero-order chi connectivity index (χ0) is 16.2. The van der Waals surface area contributed by atoms with Crippen LogP contribution in [0, 0.1) is 0 Å². The van der Waals surface area contributed by atoms with Crippen LogP contribution >= 0.6 is 17.0 Å². The number of carbonyl (C=O) groups is 1. The summed E-state index contributed by atoms with van der Waals surface area (Å²) < 4.78 is 12.5. The zero-order valence-electron chi connectivity index (χ0n) is 14.0. The van der Waals surface area contributed by atoms with Crippen molar-refractivity contribution in [1.29, 1.82) is 0 Å². The Morgan fingerprint density at radius 2 is 1.83 bits per heavy atom. The Morgan fingerprint density at radius 3 is 2.38 bits per heavy atom. The third-order valence-corrected chi connectivity index (χ3v) is 5.99. The standard InChI is InChI=1S/C18H24NO4.BrH/c1-19(2)14-8-12(9-15(19)17-16(14)23-17)22-18(21)13(10-20)11-6-4-3-5-7-11;/h3-7,12-17,20H,8-10H2,1-2H3;1H/q+1;. The van der Waals surface area contributed by atoms with E-state index in [0.29, 0.717) is 24.3 Å². The van der Waals surface area contributed by atoms with Gasteiger partial charge in [-0.2, -0.15) is 0 Å². The molecular weight excluding hydrogens is 374 g/mol. The van der Waals surface area contributed by atoms with Crippen LogP contribution in [0.2, 0.25) is 0 Å². The molecule has 24 heavy (non-hydrogen) atoms. The molecule has 1 aromatic carbocycles. The minimum Gasteiger partial charge on any atom is -0.461 e. The molecule has 1 N–H and O–H groups in total. The third kappa shape index (κ3) is 2.79. The van der Waals surface area contributed by atoms with E-state index in [1.54, 1.807) is 0 Å². The Kier molecular flexibility index (Phi) is 4.77. The van der Waals surface area contributed by atoms with Gasteiger partial charge in [-0.05, 0) is 5.56 Å². The molecule has 1 aromatic rings. The van der Waals surface area contributed by atoms with Gasteiger partial charge < -0.3 is 19.1 Å². The second-order valence-electron chi connectivity index (χ2n) is 7.51. The minimum atomic E-state index is -0.593. The van der Waals surface area contributed by atoms with Crippen molar-refractivity contribution in [3.63, 3.8) is 0 Å². The fourth-order valence-corrected chi connectivity index (χ4v) is 4.55. The maximum Gasteiger partial charge on any atom is 0.316 e. The molecule has 3 aliphatic rings. The van der Waals surface area contributed by atoms with Crippen LogP contribution in [0.25, 0.3) is 0 Å². The molecule has 0 aromatic heterocycles. The number of hydrogen-bond acceptors (Lipinski definition) is 4. The Labute approximate surface area is 152 Å². The Bertz CT molecular complexity index is 588. The summed E-state index contributed by atoms with van der Waals surface area (Å²) in [4.78, 5) is 12.5. The number of esters is 1. The molecule has 0 saturated carbocycles. The highest BCUT2D eigenvalue weighted by molar-refractivity contribution is 8.93. The number of morpholine rings is 1. The predicted octanol–water partition coefficient (Wildman–Crippen LogP) is 1.64. The van der Waals surface area contributed by atoms with Gasteiger partial charge in [0.15, 0.2) is 0 Å². The first-order valence-corrected chi connectivity index (χ1v) is 8.37. The molecule has 3 fully saturated rings. The molecule has 3 heterocycles. The van der Waals surface area contributed by atoms with Gasteiger partial charge in [-0.15, -0.1) is 17.0 Å². The Morgan fingerprint density at radius 1 is 1.25 bits per heavy atom. The molecule has 5 nitrogen and oxygen atoms in total. The highest BCUT2D eigenvalue weighted by atomic mass is 79.9. The summed E-state index contributed by atoms with van der Waals surface area (Å²) in [5, 5.41) is 9.60. The lowest BCUT2D eigenvalue weighted by molar-refractivity contribution is -0.938. The summed E-state index contributed by atoms with van der Waals surface area (Å²) in [6, 6.07) is 10.2. The van der Waals surface area contributed by atoms with Crippen LogP contribution in [-0.2, 0) is 14.3 Å². The van der Waals surface area contributed by atoms with Crippen molar-refractivity contribution in [2.24, 2.45) is 0 Å². The van der Waals surface area contributed by atoms with E-state index in [4.69, 9.17) is 9.47 Å². The number of carbonyl (C=O) groups excluding carboxylic acids is 1. The number of piperidine rings is 1. The van der Waals surface area contributed by atoms with Crippen molar-refractivity contribution in [2.45, 2.75) is 49.2 Å². The first kappa shape index (κ1) is 17.9. The summed E-state index contributed by atoms with van der Waals surface area (Å²) in [6.07, 6.45) is 2.34. The summed E-state index contributed by atoms with van der Waals surface area (Å²) >= 11 is 0. The number of likely N-dealkylation sites (N-methyl/N-ethyl adjacent to an activating group) is 1. The number of halogens is 1. The number of aliphatic hydroxyl groups excluding tert-OH is 1. The van der Waals surface area contributed by atoms with E-state index in [1.165, 1.54) is 0 Å². The average molecular weight is 399 g/mol. The number of epoxide rings is 1. The summed E-state index contributed by atoms with van der Waals surface area (Å²) in [5.74, 6) is -0.908. The lowest BCUT2D eigenvalue weighted by Crippen LogP contribution is -2.60. The molecule has 5 atom stereocenters. The van der Waals surface area contributed by atoms with E-state index in [-0.39, 0.29) is 35.7 Å². The monoisotopic (exact) mass is 398 g/mol. The molecule has 6 heteroatoms. The topological polar surface area (TPSA) is 59.1 Å². The molecule has 0 aliphatic carbocycles. The van der Waals surface area contributed by atoms with Crippen molar-refractivity contribution >= 4 is 23.0 Å². The fourth-order valence-electron chi connectivity index (χ4n) is 4.55. The van der Waals surface area contributed by atoms with Crippen LogP contribution in [0.3, 0.4) is 0 Å². The lowest BCUT2D eigenvalue weighted by atomic mass is 9.95. The molecule has 4 rings (SSSR count). The van der Waals surface area contributed by atoms with Crippen LogP contribution in [0.5, 0.6) is 0 Å². The van der Waals surface area contributed by atoms with Gasteiger partial charge in [-0.25, -0.2) is 0 Å². The predicted molar refractivity (Wildman–Crippen MR) is 94.1 cm³/mol. The molecule has 3 aliphatic heterocycles. The highest BCUT2D eigenvalue weighted by Crippen LogP contribution is 2.51. The van der Waals surface area contributed by atoms with Crippen LogP contribution in [0.1, 0.15) is 24.3 Å². The van der Waals surface area contributed by atoms with Gasteiger partial charge >= 0.3 is 5.97 Å². The summed E-state index contributed by atoms with van der Waals surface area (Å²) in [7, 11) is 4.51. The van der Waals surface area contributed by atoms with E-state index in [2.05, 4.69) is 14.1 Å². The van der Waals surface area contributed by atoms with Crippen LogP contribution in [-0.4, -0.2) is 66.7 Å². The Balaban J connectivity index is 0.00000169. The second kappa shape index (κ2) is 6.41. The van der Waals surface area contributed by atoms with E-state index in [9.17, 15) is 9.90 Å². The van der Waals surface area contributed by atoms with Gasteiger partial charge in [-0.3, -0.25) is 4.79 Å². The molecule has 0 amide bonds. The quantitative estimate of drug-likeness (QED) is 0.475. The Hall–Kier alpha value is -0.950. The molecule has 132 valence electrons. The van der Waals surface area contributed by atoms with Gasteiger partial charge in [0, 0.05) is 12.8 Å². The number of quaternary nitrogens is 1. The van der Waals surface area contributed by atoms with E-state index in [1.807, 2.05) is 30.3 Å². The number of nitrogens with zero attached hydrogens (tertiary/aromatic N) is 1. The van der Waals surface area contributed by atoms with E-state index < -0.39 is 5.92 Å². The average Bonchev–Trinajstić information content (AvgIpc) is 3.27. The normalized spacial score (nSPS) is 36.2. The minimum absolute atomic E-state index is 0. The van der Waals surface area contributed by atoms with Crippen molar-refractivity contribution in [2.75, 3.05) is 20.7 Å². The lowest BCUT2D eigenvalue weighted by Gasteiger charge is -2.45. The van der Waals surface area contributed by atoms with E-state index in [0.717, 1.165) is 22.9 Å². The van der Waals surface area contributed by atoms with Gasteiger partial charge in [0.25, 0.3) is 0 Å². The van der Waals surface area contributed by atoms with Gasteiger partial charge in [0.1, 0.15) is 36.3 Å². The van der Waals surface area contributed by atoms with Gasteiger partial charge in [0.2, 0.25) is 0 Å². The summed E-state index contributed by atoms with van der Waals surface area (Å²) in [5.41, 5.74) is 0.807. The number of hydrogen-bond donors (Lipinski definition) is 1. The SMILES string of the molecule is Br.C[N+]1(C)C2CC(OC(=O)C(CO)c3ccccc3)CC1C1OC12. The number of rotatable bonds is 4. The van der Waals surface area contributed by atoms with Crippen LogP contribution in [0.4, 0.5) is 0 Å². The number of ether oxygens (including phenoxy) is 2. The number of aliphatic hydroxyl groups is 1. The van der Waals surface area contributed by atoms with E-state index >= 15 is 0 Å². The maximum absolute atomic E-state index is 12.5. The number of benzene rings is 1. The third-order valence-electron chi connectivity index (χ3n) is 5.99. The molecular formula is C18H25BrNO4+. The van der Waals surface area contributed by atoms with Crippen molar-refractivity contribution in [1.82, 2.24) is 0 Å². The van der Waals surface area contributed by atoms with Crippen molar-refractivity contribution < 1.29 is 23.9 Å². The first-order valence-electron chi connectivity index (χ1n) is 8.37. The van der Waals surface area contributed by atoms with Crippen LogP contribution in [0.15, 0.2) is 30.3 Å². The van der Waals surface area contributed by atoms with Crippen molar-refractivity contribution in [3.05, 3.63) is 35.9 Å². The maximum atomic E-state index is 12.5. The second-order valence-corrected chi connectivity index (χ2v) is 7.51. The number of fused-ring (bicyclic) bond motifs is 5. The fraction of sp³-hybridized carbons (Fsp3) is 0.611. The van der Waals surface area contributed by atoms with Crippen molar-refractivity contribution in [3.8, 4) is 0 Å². The van der Waals surface area contributed by atoms with Gasteiger partial charge in [0.05, 0.1) is 20.7 Å². The van der Waals surface area contributed by atoms with Crippen LogP contribution < -0.4 is 0 Å².